The van der Waals surface area contributed by atoms with Crippen LogP contribution in [0.25, 0.3) is 11.6 Å². The number of nitrogens with one attached hydrogen (secondary N) is 1. The van der Waals surface area contributed by atoms with Crippen LogP contribution in [0.5, 0.6) is 11.5 Å². The standard InChI is InChI=1S/C23H23NO3/c1-26-20-9-7-15(11-18-17-4-2-3-5-19(17)24-23(18)25)13-22(20)27-21-12-14-6-8-16(21)10-14/h2-5,7,9,11,13-14,16,21H,6,8,10,12H2,1H3,(H,24,25)/b18-11+/t14-,16+,21-/m0/s1. The van der Waals surface area contributed by atoms with Crippen molar-refractivity contribution in [2.24, 2.45) is 11.8 Å². The zero-order valence-corrected chi connectivity index (χ0v) is 15.4. The molecule has 0 spiro atoms. The van der Waals surface area contributed by atoms with E-state index in [0.29, 0.717) is 11.5 Å². The molecule has 1 amide bonds. The van der Waals surface area contributed by atoms with Gasteiger partial charge in [0, 0.05) is 16.8 Å². The summed E-state index contributed by atoms with van der Waals surface area (Å²) in [6.45, 7) is 0. The van der Waals surface area contributed by atoms with Gasteiger partial charge in [-0.25, -0.2) is 0 Å². The van der Waals surface area contributed by atoms with Crippen LogP contribution in [-0.4, -0.2) is 19.1 Å². The van der Waals surface area contributed by atoms with Gasteiger partial charge in [-0.1, -0.05) is 24.3 Å². The van der Waals surface area contributed by atoms with Crippen LogP contribution in [-0.2, 0) is 4.79 Å². The summed E-state index contributed by atoms with van der Waals surface area (Å²) in [6.07, 6.45) is 7.29. The van der Waals surface area contributed by atoms with Crippen LogP contribution >= 0.6 is 0 Å². The van der Waals surface area contributed by atoms with Gasteiger partial charge in [-0.15, -0.1) is 0 Å². The molecule has 1 aliphatic heterocycles. The van der Waals surface area contributed by atoms with Crippen molar-refractivity contribution in [2.75, 3.05) is 12.4 Å². The van der Waals surface area contributed by atoms with E-state index in [0.717, 1.165) is 40.7 Å². The molecule has 2 aromatic rings. The third-order valence-electron chi connectivity index (χ3n) is 6.16. The first-order valence-electron chi connectivity index (χ1n) is 9.68. The zero-order chi connectivity index (χ0) is 18.4. The number of fused-ring (bicyclic) bond motifs is 3. The van der Waals surface area contributed by atoms with Gasteiger partial charge in [0.1, 0.15) is 6.10 Å². The average Bonchev–Trinajstić information content (AvgIpc) is 3.37. The Balaban J connectivity index is 1.46. The first-order valence-corrected chi connectivity index (χ1v) is 9.68. The van der Waals surface area contributed by atoms with Gasteiger partial charge in [0.05, 0.1) is 7.11 Å². The van der Waals surface area contributed by atoms with Crippen LogP contribution in [0.3, 0.4) is 0 Å². The topological polar surface area (TPSA) is 47.6 Å². The van der Waals surface area contributed by atoms with Crippen LogP contribution in [0.15, 0.2) is 42.5 Å². The third kappa shape index (κ3) is 2.89. The second-order valence-corrected chi connectivity index (χ2v) is 7.80. The quantitative estimate of drug-likeness (QED) is 0.799. The SMILES string of the molecule is COc1ccc(/C=C2/C(=O)Nc3ccccc32)cc1O[C@H]1C[C@H]2CC[C@@H]1C2. The number of carbonyl (C=O) groups is 1. The Bertz CT molecular complexity index is 933. The van der Waals surface area contributed by atoms with Crippen molar-refractivity contribution in [3.63, 3.8) is 0 Å². The highest BCUT2D eigenvalue weighted by Gasteiger charge is 2.41. The molecule has 2 fully saturated rings. The predicted octanol–water partition coefficient (Wildman–Crippen LogP) is 4.76. The van der Waals surface area contributed by atoms with Crippen molar-refractivity contribution in [3.8, 4) is 11.5 Å². The lowest BCUT2D eigenvalue weighted by molar-refractivity contribution is -0.110. The second-order valence-electron chi connectivity index (χ2n) is 7.80. The number of hydrogen-bond acceptors (Lipinski definition) is 3. The number of amides is 1. The fourth-order valence-electron chi connectivity index (χ4n) is 4.82. The van der Waals surface area contributed by atoms with E-state index in [4.69, 9.17) is 9.47 Å². The summed E-state index contributed by atoms with van der Waals surface area (Å²) >= 11 is 0. The number of ether oxygens (including phenoxy) is 2. The van der Waals surface area contributed by atoms with Gasteiger partial charge in [0.15, 0.2) is 11.5 Å². The summed E-state index contributed by atoms with van der Waals surface area (Å²) in [7, 11) is 1.67. The fourth-order valence-corrected chi connectivity index (χ4v) is 4.82. The fraction of sp³-hybridized carbons (Fsp3) is 0.348. The summed E-state index contributed by atoms with van der Waals surface area (Å²) in [5.41, 5.74) is 3.42. The summed E-state index contributed by atoms with van der Waals surface area (Å²) in [6, 6.07) is 13.6. The molecule has 1 N–H and O–H groups in total. The molecule has 27 heavy (non-hydrogen) atoms. The Kier molecular flexibility index (Phi) is 3.92. The molecule has 0 radical (unpaired) electrons. The number of rotatable bonds is 4. The van der Waals surface area contributed by atoms with Crippen LogP contribution in [0, 0.1) is 11.8 Å². The third-order valence-corrected chi connectivity index (χ3v) is 6.16. The van der Waals surface area contributed by atoms with Gasteiger partial charge in [0.25, 0.3) is 5.91 Å². The lowest BCUT2D eigenvalue weighted by Crippen LogP contribution is -2.23. The highest BCUT2D eigenvalue weighted by molar-refractivity contribution is 6.34. The highest BCUT2D eigenvalue weighted by Crippen LogP contribution is 2.47. The minimum atomic E-state index is -0.0670. The molecule has 2 aromatic carbocycles. The van der Waals surface area contributed by atoms with Gasteiger partial charge in [0.2, 0.25) is 0 Å². The maximum absolute atomic E-state index is 12.4. The molecule has 2 saturated carbocycles. The molecule has 4 nitrogen and oxygen atoms in total. The molecule has 5 rings (SSSR count). The number of anilines is 1. The number of hydrogen-bond donors (Lipinski definition) is 1. The molecule has 0 saturated heterocycles. The normalized spacial score (nSPS) is 26.9. The van der Waals surface area contributed by atoms with Crippen molar-refractivity contribution < 1.29 is 14.3 Å². The molecule has 0 unspecified atom stereocenters. The van der Waals surface area contributed by atoms with Gasteiger partial charge in [-0.2, -0.15) is 0 Å². The number of benzene rings is 2. The van der Waals surface area contributed by atoms with Crippen LogP contribution in [0.2, 0.25) is 0 Å². The lowest BCUT2D eigenvalue weighted by Gasteiger charge is -2.24. The summed E-state index contributed by atoms with van der Waals surface area (Å²) < 4.78 is 11.9. The van der Waals surface area contributed by atoms with Crippen molar-refractivity contribution in [3.05, 3.63) is 53.6 Å². The van der Waals surface area contributed by atoms with Gasteiger partial charge in [-0.05, 0) is 67.4 Å². The van der Waals surface area contributed by atoms with Crippen molar-refractivity contribution in [2.45, 2.75) is 31.8 Å². The summed E-state index contributed by atoms with van der Waals surface area (Å²) in [4.78, 5) is 12.4. The lowest BCUT2D eigenvalue weighted by atomic mass is 9.97. The molecular formula is C23H23NO3. The molecule has 3 aliphatic rings. The van der Waals surface area contributed by atoms with E-state index < -0.39 is 0 Å². The molecular weight excluding hydrogens is 338 g/mol. The molecule has 3 atom stereocenters. The largest absolute Gasteiger partial charge is 0.493 e. The number of methoxy groups -OCH3 is 1. The van der Waals surface area contributed by atoms with Crippen LogP contribution in [0.1, 0.15) is 36.8 Å². The Hall–Kier alpha value is -2.75. The van der Waals surface area contributed by atoms with E-state index in [9.17, 15) is 4.79 Å². The van der Waals surface area contributed by atoms with Gasteiger partial charge in [-0.3, -0.25) is 4.79 Å². The molecule has 4 heteroatoms. The number of carbonyl (C=O) groups excluding carboxylic acids is 1. The predicted molar refractivity (Wildman–Crippen MR) is 106 cm³/mol. The maximum atomic E-state index is 12.4. The number of para-hydroxylation sites is 1. The van der Waals surface area contributed by atoms with E-state index in [1.165, 1.54) is 19.3 Å². The minimum Gasteiger partial charge on any atom is -0.493 e. The van der Waals surface area contributed by atoms with E-state index in [1.807, 2.05) is 48.5 Å². The molecule has 2 aliphatic carbocycles. The molecule has 138 valence electrons. The van der Waals surface area contributed by atoms with E-state index in [1.54, 1.807) is 7.11 Å². The minimum absolute atomic E-state index is 0.0670. The molecule has 2 bridgehead atoms. The Morgan fingerprint density at radius 3 is 2.74 bits per heavy atom. The van der Waals surface area contributed by atoms with Crippen molar-refractivity contribution >= 4 is 23.2 Å². The van der Waals surface area contributed by atoms with E-state index in [-0.39, 0.29) is 12.0 Å². The summed E-state index contributed by atoms with van der Waals surface area (Å²) in [5, 5.41) is 2.92. The average molecular weight is 361 g/mol. The smallest absolute Gasteiger partial charge is 0.256 e. The van der Waals surface area contributed by atoms with Crippen LogP contribution in [0.4, 0.5) is 5.69 Å². The molecule has 0 aromatic heterocycles. The van der Waals surface area contributed by atoms with E-state index in [2.05, 4.69) is 5.32 Å². The van der Waals surface area contributed by atoms with Crippen molar-refractivity contribution in [1.29, 1.82) is 0 Å². The highest BCUT2D eigenvalue weighted by atomic mass is 16.5. The Labute approximate surface area is 159 Å². The maximum Gasteiger partial charge on any atom is 0.256 e. The van der Waals surface area contributed by atoms with E-state index >= 15 is 0 Å². The Morgan fingerprint density at radius 2 is 1.96 bits per heavy atom. The molecule has 1 heterocycles. The zero-order valence-electron chi connectivity index (χ0n) is 15.4. The Morgan fingerprint density at radius 1 is 1.07 bits per heavy atom. The monoisotopic (exact) mass is 361 g/mol. The summed E-state index contributed by atoms with van der Waals surface area (Å²) in [5.74, 6) is 2.96. The van der Waals surface area contributed by atoms with Gasteiger partial charge < -0.3 is 14.8 Å². The first kappa shape index (κ1) is 16.4. The van der Waals surface area contributed by atoms with Gasteiger partial charge >= 0.3 is 0 Å². The van der Waals surface area contributed by atoms with Crippen molar-refractivity contribution in [1.82, 2.24) is 0 Å². The second kappa shape index (κ2) is 6.45. The first-order chi connectivity index (χ1) is 13.2. The van der Waals surface area contributed by atoms with Crippen LogP contribution < -0.4 is 14.8 Å².